The van der Waals surface area contributed by atoms with Crippen LogP contribution in [0.1, 0.15) is 30.9 Å². The Kier molecular flexibility index (Phi) is 5.06. The van der Waals surface area contributed by atoms with Crippen molar-refractivity contribution in [3.8, 4) is 5.75 Å². The van der Waals surface area contributed by atoms with E-state index in [4.69, 9.17) is 9.84 Å². The number of rotatable bonds is 6. The van der Waals surface area contributed by atoms with Gasteiger partial charge < -0.3 is 15.2 Å². The number of carboxylic acids is 1. The first-order chi connectivity index (χ1) is 10.4. The number of hydrogen-bond acceptors (Lipinski definition) is 3. The highest BCUT2D eigenvalue weighted by molar-refractivity contribution is 5.86. The van der Waals surface area contributed by atoms with Crippen molar-refractivity contribution in [2.45, 2.75) is 39.7 Å². The minimum absolute atomic E-state index is 0.165. The molecule has 3 unspecified atom stereocenters. The van der Waals surface area contributed by atoms with Crippen molar-refractivity contribution in [3.63, 3.8) is 0 Å². The van der Waals surface area contributed by atoms with Crippen LogP contribution >= 0.6 is 0 Å². The minimum atomic E-state index is -0.883. The molecule has 3 atom stereocenters. The van der Waals surface area contributed by atoms with E-state index >= 15 is 0 Å². The number of para-hydroxylation sites is 1. The quantitative estimate of drug-likeness (QED) is 0.845. The van der Waals surface area contributed by atoms with Crippen molar-refractivity contribution < 1.29 is 19.4 Å². The van der Waals surface area contributed by atoms with Crippen LogP contribution in [-0.4, -0.2) is 29.6 Å². The highest BCUT2D eigenvalue weighted by atomic mass is 16.5. The number of nitrogens with one attached hydrogen (secondary N) is 1. The smallest absolute Gasteiger partial charge is 0.307 e. The molecule has 22 heavy (non-hydrogen) atoms. The molecule has 120 valence electrons. The molecule has 1 fully saturated rings. The third-order valence-electron chi connectivity index (χ3n) is 4.20. The van der Waals surface area contributed by atoms with Crippen LogP contribution in [0, 0.1) is 25.7 Å². The molecule has 1 saturated carbocycles. The van der Waals surface area contributed by atoms with Gasteiger partial charge >= 0.3 is 5.97 Å². The van der Waals surface area contributed by atoms with E-state index in [1.807, 2.05) is 39.0 Å². The zero-order valence-corrected chi connectivity index (χ0v) is 13.3. The Labute approximate surface area is 130 Å². The summed E-state index contributed by atoms with van der Waals surface area (Å²) in [5.74, 6) is -1.16. The van der Waals surface area contributed by atoms with Gasteiger partial charge in [0.2, 0.25) is 5.91 Å². The molecule has 1 aliphatic rings. The fourth-order valence-electron chi connectivity index (χ4n) is 2.74. The Hall–Kier alpha value is -2.04. The summed E-state index contributed by atoms with van der Waals surface area (Å²) in [5.41, 5.74) is 2.12. The highest BCUT2D eigenvalue weighted by Crippen LogP contribution is 2.34. The zero-order chi connectivity index (χ0) is 16.3. The maximum Gasteiger partial charge on any atom is 0.307 e. The molecule has 0 radical (unpaired) electrons. The summed E-state index contributed by atoms with van der Waals surface area (Å²) in [6.45, 7) is 6.19. The van der Waals surface area contributed by atoms with E-state index in [-0.39, 0.29) is 11.9 Å². The molecular weight excluding hydrogens is 282 g/mol. The van der Waals surface area contributed by atoms with Gasteiger partial charge in [-0.05, 0) is 44.7 Å². The number of carboxylic acid groups (broad SMARTS) is 1. The predicted octanol–water partition coefficient (Wildman–Crippen LogP) is 2.30. The molecule has 1 aromatic carbocycles. The van der Waals surface area contributed by atoms with Gasteiger partial charge in [-0.15, -0.1) is 0 Å². The van der Waals surface area contributed by atoms with E-state index in [1.54, 1.807) is 0 Å². The Bertz CT molecular complexity index is 550. The van der Waals surface area contributed by atoms with Gasteiger partial charge in [-0.25, -0.2) is 0 Å². The van der Waals surface area contributed by atoms with Gasteiger partial charge in [0.15, 0.2) is 0 Å². The number of hydrogen-bond donors (Lipinski definition) is 2. The Morgan fingerprint density at radius 1 is 1.27 bits per heavy atom. The predicted molar refractivity (Wildman–Crippen MR) is 82.9 cm³/mol. The van der Waals surface area contributed by atoms with Gasteiger partial charge in [-0.2, -0.15) is 0 Å². The average Bonchev–Trinajstić information content (AvgIpc) is 2.35. The van der Waals surface area contributed by atoms with E-state index in [2.05, 4.69) is 5.32 Å². The summed E-state index contributed by atoms with van der Waals surface area (Å²) >= 11 is 0. The summed E-state index contributed by atoms with van der Waals surface area (Å²) in [6.07, 6.45) is 1.23. The average molecular weight is 305 g/mol. The molecular formula is C17H23NO4. The lowest BCUT2D eigenvalue weighted by atomic mass is 9.73. The van der Waals surface area contributed by atoms with Crippen LogP contribution in [-0.2, 0) is 9.59 Å². The Morgan fingerprint density at radius 3 is 2.36 bits per heavy atom. The number of carbonyl (C=O) groups excluding carboxylic acids is 1. The van der Waals surface area contributed by atoms with Crippen molar-refractivity contribution in [3.05, 3.63) is 29.3 Å². The molecule has 5 nitrogen and oxygen atoms in total. The fourth-order valence-corrected chi connectivity index (χ4v) is 2.74. The first kappa shape index (κ1) is 16.3. The monoisotopic (exact) mass is 305 g/mol. The standard InChI is InChI=1S/C17H23NO4/c1-10-5-4-6-11(2)15(10)22-9-12(3)18-16(19)13-7-8-14(13)17(20)21/h4-6,12-14H,7-9H2,1-3H3,(H,18,19)(H,20,21). The lowest BCUT2D eigenvalue weighted by molar-refractivity contribution is -0.153. The molecule has 2 N–H and O–H groups in total. The van der Waals surface area contributed by atoms with Gasteiger partial charge in [0, 0.05) is 0 Å². The van der Waals surface area contributed by atoms with Gasteiger partial charge in [0.1, 0.15) is 12.4 Å². The van der Waals surface area contributed by atoms with E-state index in [9.17, 15) is 9.59 Å². The zero-order valence-electron chi connectivity index (χ0n) is 13.3. The van der Waals surface area contributed by atoms with E-state index < -0.39 is 17.8 Å². The molecule has 0 saturated heterocycles. The number of aliphatic carboxylic acids is 1. The lowest BCUT2D eigenvalue weighted by Gasteiger charge is -2.32. The summed E-state index contributed by atoms with van der Waals surface area (Å²) in [5, 5.41) is 11.8. The topological polar surface area (TPSA) is 75.6 Å². The molecule has 5 heteroatoms. The Morgan fingerprint density at radius 2 is 1.86 bits per heavy atom. The van der Waals surface area contributed by atoms with Crippen molar-refractivity contribution in [2.75, 3.05) is 6.61 Å². The summed E-state index contributed by atoms with van der Waals surface area (Å²) in [7, 11) is 0. The highest BCUT2D eigenvalue weighted by Gasteiger charge is 2.41. The fraction of sp³-hybridized carbons (Fsp3) is 0.529. The van der Waals surface area contributed by atoms with E-state index in [1.165, 1.54) is 0 Å². The SMILES string of the molecule is Cc1cccc(C)c1OCC(C)NC(=O)C1CCC1C(=O)O. The van der Waals surface area contributed by atoms with Gasteiger partial charge in [0.05, 0.1) is 17.9 Å². The molecule has 0 aliphatic heterocycles. The Balaban J connectivity index is 1.84. The third kappa shape index (κ3) is 3.59. The summed E-state index contributed by atoms with van der Waals surface area (Å²) in [4.78, 5) is 23.0. The van der Waals surface area contributed by atoms with Crippen LogP contribution < -0.4 is 10.1 Å². The van der Waals surface area contributed by atoms with Crippen LogP contribution in [0.5, 0.6) is 5.75 Å². The van der Waals surface area contributed by atoms with Crippen molar-refractivity contribution in [2.24, 2.45) is 11.8 Å². The van der Waals surface area contributed by atoms with Gasteiger partial charge in [0.25, 0.3) is 0 Å². The third-order valence-corrected chi connectivity index (χ3v) is 4.20. The van der Waals surface area contributed by atoms with Crippen LogP contribution in [0.4, 0.5) is 0 Å². The number of amides is 1. The molecule has 1 amide bonds. The molecule has 2 rings (SSSR count). The van der Waals surface area contributed by atoms with Crippen LogP contribution in [0.2, 0.25) is 0 Å². The maximum atomic E-state index is 12.1. The largest absolute Gasteiger partial charge is 0.491 e. The van der Waals surface area contributed by atoms with Crippen LogP contribution in [0.3, 0.4) is 0 Å². The number of aryl methyl sites for hydroxylation is 2. The number of carbonyl (C=O) groups is 2. The summed E-state index contributed by atoms with van der Waals surface area (Å²) < 4.78 is 5.80. The van der Waals surface area contributed by atoms with E-state index in [0.29, 0.717) is 19.4 Å². The summed E-state index contributed by atoms with van der Waals surface area (Å²) in [6, 6.07) is 5.78. The first-order valence-electron chi connectivity index (χ1n) is 7.62. The molecule has 0 aromatic heterocycles. The van der Waals surface area contributed by atoms with Crippen molar-refractivity contribution in [1.29, 1.82) is 0 Å². The number of benzene rings is 1. The van der Waals surface area contributed by atoms with Crippen molar-refractivity contribution in [1.82, 2.24) is 5.32 Å². The van der Waals surface area contributed by atoms with Crippen LogP contribution in [0.15, 0.2) is 18.2 Å². The van der Waals surface area contributed by atoms with Crippen molar-refractivity contribution >= 4 is 11.9 Å². The van der Waals surface area contributed by atoms with E-state index in [0.717, 1.165) is 16.9 Å². The molecule has 0 bridgehead atoms. The lowest BCUT2D eigenvalue weighted by Crippen LogP contribution is -2.47. The second-order valence-electron chi connectivity index (χ2n) is 6.07. The maximum absolute atomic E-state index is 12.1. The van der Waals surface area contributed by atoms with Crippen LogP contribution in [0.25, 0.3) is 0 Å². The molecule has 1 aliphatic carbocycles. The molecule has 0 spiro atoms. The van der Waals surface area contributed by atoms with Gasteiger partial charge in [-0.3, -0.25) is 9.59 Å². The molecule has 0 heterocycles. The normalized spacial score (nSPS) is 21.6. The first-order valence-corrected chi connectivity index (χ1v) is 7.62. The van der Waals surface area contributed by atoms with Gasteiger partial charge in [-0.1, -0.05) is 18.2 Å². The second kappa shape index (κ2) is 6.81. The second-order valence-corrected chi connectivity index (χ2v) is 6.07. The minimum Gasteiger partial charge on any atom is -0.491 e. The number of ether oxygens (including phenoxy) is 1. The molecule has 1 aromatic rings.